The van der Waals surface area contributed by atoms with E-state index in [0.717, 1.165) is 44.6 Å². The van der Waals surface area contributed by atoms with Crippen molar-refractivity contribution in [3.8, 4) is 0 Å². The zero-order chi connectivity index (χ0) is 13.7. The van der Waals surface area contributed by atoms with Crippen LogP contribution in [0.4, 0.5) is 0 Å². The van der Waals surface area contributed by atoms with Gasteiger partial charge in [0.15, 0.2) is 0 Å². The van der Waals surface area contributed by atoms with E-state index < -0.39 is 0 Å². The molecule has 2 heterocycles. The third-order valence-electron chi connectivity index (χ3n) is 3.77. The van der Waals surface area contributed by atoms with Gasteiger partial charge in [-0.3, -0.25) is 4.79 Å². The van der Waals surface area contributed by atoms with Crippen LogP contribution in [0.1, 0.15) is 31.9 Å². The fraction of sp³-hybridized carbons (Fsp3) is 0.714. The first-order valence-corrected chi connectivity index (χ1v) is 7.24. The lowest BCUT2D eigenvalue weighted by Gasteiger charge is -2.22. The molecule has 0 radical (unpaired) electrons. The average Bonchev–Trinajstić information content (AvgIpc) is 3.07. The van der Waals surface area contributed by atoms with Gasteiger partial charge in [-0.1, -0.05) is 6.92 Å². The molecule has 0 bridgehead atoms. The zero-order valence-electron chi connectivity index (χ0n) is 11.7. The fourth-order valence-electron chi connectivity index (χ4n) is 2.68. The minimum Gasteiger partial charge on any atom is -0.342 e. The number of aromatic nitrogens is 2. The van der Waals surface area contributed by atoms with Crippen LogP contribution in [0.25, 0.3) is 0 Å². The Morgan fingerprint density at radius 1 is 1.47 bits per heavy atom. The second-order valence-corrected chi connectivity index (χ2v) is 5.25. The summed E-state index contributed by atoms with van der Waals surface area (Å²) in [5, 5.41) is 0. The molecule has 2 rings (SSSR count). The van der Waals surface area contributed by atoms with Crippen molar-refractivity contribution < 1.29 is 4.79 Å². The number of amides is 1. The lowest BCUT2D eigenvalue weighted by Crippen LogP contribution is -2.38. The summed E-state index contributed by atoms with van der Waals surface area (Å²) in [6, 6.07) is 0. The molecule has 1 amide bonds. The molecule has 2 N–H and O–H groups in total. The summed E-state index contributed by atoms with van der Waals surface area (Å²) in [6.45, 7) is 5.28. The maximum atomic E-state index is 12.4. The first kappa shape index (κ1) is 14.1. The number of likely N-dealkylation sites (tertiary alicyclic amines) is 1. The van der Waals surface area contributed by atoms with Gasteiger partial charge in [-0.05, 0) is 19.3 Å². The summed E-state index contributed by atoms with van der Waals surface area (Å²) < 4.78 is 2.12. The Morgan fingerprint density at radius 2 is 2.21 bits per heavy atom. The molecule has 19 heavy (non-hydrogen) atoms. The van der Waals surface area contributed by atoms with Crippen molar-refractivity contribution in [2.24, 2.45) is 11.7 Å². The molecule has 1 fully saturated rings. The van der Waals surface area contributed by atoms with E-state index in [1.165, 1.54) is 0 Å². The van der Waals surface area contributed by atoms with Crippen LogP contribution in [0.3, 0.4) is 0 Å². The van der Waals surface area contributed by atoms with Crippen molar-refractivity contribution in [2.75, 3.05) is 19.6 Å². The van der Waals surface area contributed by atoms with Crippen molar-refractivity contribution >= 4 is 5.91 Å². The molecule has 1 aliphatic heterocycles. The first-order valence-electron chi connectivity index (χ1n) is 7.24. The number of aryl methyl sites for hydroxylation is 1. The van der Waals surface area contributed by atoms with Gasteiger partial charge in [-0.25, -0.2) is 4.98 Å². The summed E-state index contributed by atoms with van der Waals surface area (Å²) in [4.78, 5) is 18.5. The molecule has 1 saturated heterocycles. The van der Waals surface area contributed by atoms with Crippen LogP contribution in [0, 0.1) is 5.92 Å². The smallest absolute Gasteiger partial charge is 0.227 e. The maximum Gasteiger partial charge on any atom is 0.227 e. The molecule has 106 valence electrons. The van der Waals surface area contributed by atoms with E-state index in [2.05, 4.69) is 16.5 Å². The fourth-order valence-corrected chi connectivity index (χ4v) is 2.68. The minimum absolute atomic E-state index is 0.106. The van der Waals surface area contributed by atoms with Gasteiger partial charge in [-0.2, -0.15) is 0 Å². The molecule has 1 unspecified atom stereocenters. The van der Waals surface area contributed by atoms with E-state index >= 15 is 0 Å². The minimum atomic E-state index is -0.106. The largest absolute Gasteiger partial charge is 0.342 e. The second kappa shape index (κ2) is 6.70. The van der Waals surface area contributed by atoms with E-state index in [1.54, 1.807) is 0 Å². The molecule has 1 aromatic heterocycles. The molecule has 5 nitrogen and oxygen atoms in total. The van der Waals surface area contributed by atoms with Crippen molar-refractivity contribution in [3.05, 3.63) is 18.2 Å². The Bertz CT molecular complexity index is 409. The number of rotatable bonds is 6. The van der Waals surface area contributed by atoms with Gasteiger partial charge in [0.25, 0.3) is 0 Å². The first-order chi connectivity index (χ1) is 9.26. The van der Waals surface area contributed by atoms with Crippen LogP contribution in [-0.4, -0.2) is 40.0 Å². The van der Waals surface area contributed by atoms with Gasteiger partial charge in [0.1, 0.15) is 0 Å². The Hall–Kier alpha value is -1.36. The highest BCUT2D eigenvalue weighted by Gasteiger charge is 2.26. The van der Waals surface area contributed by atoms with Crippen LogP contribution in [0.5, 0.6) is 0 Å². The highest BCUT2D eigenvalue weighted by atomic mass is 16.2. The summed E-state index contributed by atoms with van der Waals surface area (Å²) in [5.41, 5.74) is 6.92. The summed E-state index contributed by atoms with van der Waals surface area (Å²) in [5.74, 6) is 0.106. The van der Waals surface area contributed by atoms with Gasteiger partial charge >= 0.3 is 0 Å². The van der Waals surface area contributed by atoms with Gasteiger partial charge in [0.05, 0.1) is 12.2 Å². The van der Waals surface area contributed by atoms with Crippen LogP contribution >= 0.6 is 0 Å². The summed E-state index contributed by atoms with van der Waals surface area (Å²) in [7, 11) is 0. The molecule has 5 heteroatoms. The van der Waals surface area contributed by atoms with Crippen molar-refractivity contribution in [2.45, 2.75) is 39.2 Å². The number of hydrogen-bond donors (Lipinski definition) is 1. The summed E-state index contributed by atoms with van der Waals surface area (Å²) >= 11 is 0. The highest BCUT2D eigenvalue weighted by molar-refractivity contribution is 5.79. The van der Waals surface area contributed by atoms with Crippen LogP contribution < -0.4 is 5.73 Å². The van der Waals surface area contributed by atoms with E-state index in [9.17, 15) is 4.79 Å². The van der Waals surface area contributed by atoms with E-state index in [4.69, 9.17) is 5.73 Å². The third-order valence-corrected chi connectivity index (χ3v) is 3.77. The molecular weight excluding hydrogens is 240 g/mol. The summed E-state index contributed by atoms with van der Waals surface area (Å²) in [6.07, 6.45) is 7.71. The molecular formula is C14H24N4O. The molecule has 1 aliphatic rings. The molecule has 0 saturated carbocycles. The topological polar surface area (TPSA) is 64.2 Å². The van der Waals surface area contributed by atoms with Gasteiger partial charge in [0.2, 0.25) is 5.91 Å². The van der Waals surface area contributed by atoms with Crippen molar-refractivity contribution in [3.63, 3.8) is 0 Å². The van der Waals surface area contributed by atoms with Crippen molar-refractivity contribution in [1.29, 1.82) is 0 Å². The van der Waals surface area contributed by atoms with E-state index in [1.807, 2.05) is 17.4 Å². The van der Waals surface area contributed by atoms with Crippen molar-refractivity contribution in [1.82, 2.24) is 14.5 Å². The van der Waals surface area contributed by atoms with Crippen LogP contribution in [0.2, 0.25) is 0 Å². The molecule has 0 spiro atoms. The third kappa shape index (κ3) is 3.35. The monoisotopic (exact) mass is 264 g/mol. The molecule has 1 aromatic rings. The van der Waals surface area contributed by atoms with Crippen LogP contribution in [0.15, 0.2) is 12.5 Å². The Balaban J connectivity index is 2.01. The number of carbonyl (C=O) groups excluding carboxylic acids is 1. The predicted octanol–water partition coefficient (Wildman–Crippen LogP) is 1.03. The number of carbonyl (C=O) groups is 1. The Kier molecular flexibility index (Phi) is 4.96. The van der Waals surface area contributed by atoms with Crippen LogP contribution in [-0.2, 0) is 17.8 Å². The number of nitrogens with zero attached hydrogens (tertiary/aromatic N) is 3. The normalized spacial score (nSPS) is 16.8. The Morgan fingerprint density at radius 3 is 2.84 bits per heavy atom. The number of imidazole rings is 1. The molecule has 1 atom stereocenters. The lowest BCUT2D eigenvalue weighted by atomic mass is 10.0. The van der Waals surface area contributed by atoms with E-state index in [-0.39, 0.29) is 11.8 Å². The molecule has 0 aliphatic carbocycles. The maximum absolute atomic E-state index is 12.4. The Labute approximate surface area is 114 Å². The van der Waals surface area contributed by atoms with Gasteiger partial charge in [0, 0.05) is 44.5 Å². The molecule has 0 aromatic carbocycles. The second-order valence-electron chi connectivity index (χ2n) is 5.25. The highest BCUT2D eigenvalue weighted by Crippen LogP contribution is 2.15. The average molecular weight is 264 g/mol. The quantitative estimate of drug-likeness (QED) is 0.834. The zero-order valence-corrected chi connectivity index (χ0v) is 11.7. The standard InChI is InChI=1S/C14H24N4O/c1-2-5-18-11-16-10-13(18)8-12(9-15)14(19)17-6-3-4-7-17/h10-12H,2-9,15H2,1H3. The SMILES string of the molecule is CCCn1cncc1CC(CN)C(=O)N1CCCC1. The van der Waals surface area contributed by atoms with E-state index in [0.29, 0.717) is 13.0 Å². The predicted molar refractivity (Wildman–Crippen MR) is 74.6 cm³/mol. The lowest BCUT2D eigenvalue weighted by molar-refractivity contribution is -0.134. The number of nitrogens with two attached hydrogens (primary N) is 1. The van der Waals surface area contributed by atoms with Gasteiger partial charge < -0.3 is 15.2 Å². The number of hydrogen-bond acceptors (Lipinski definition) is 3. The van der Waals surface area contributed by atoms with Gasteiger partial charge in [-0.15, -0.1) is 0 Å².